The number of hydrogen-bond donors (Lipinski definition) is 0. The molecule has 0 aliphatic carbocycles. The minimum Gasteiger partial charge on any atom is -0.443 e. The Hall–Kier alpha value is -3.94. The normalized spacial score (nSPS) is 17.2. The van der Waals surface area contributed by atoms with Crippen molar-refractivity contribution in [3.8, 4) is 0 Å². The Morgan fingerprint density at radius 3 is 1.88 bits per heavy atom. The van der Waals surface area contributed by atoms with Crippen molar-refractivity contribution in [2.45, 2.75) is 50.5 Å². The van der Waals surface area contributed by atoms with Gasteiger partial charge in [-0.05, 0) is 55.5 Å². The second-order valence-corrected chi connectivity index (χ2v) is 12.9. The molecule has 6 nitrogen and oxygen atoms in total. The molecule has 3 aromatic carbocycles. The third kappa shape index (κ3) is 6.27. The van der Waals surface area contributed by atoms with Gasteiger partial charge in [-0.2, -0.15) is 0 Å². The Balaban J connectivity index is 1.65. The standard InChI is InChI=1S/C35H37N3O3S/c1-26(39)42-31-20-22-37(25-27(31)24-32-36-21-23-38(32)33(40)41-34(2,3)4)35(28-14-8-5-9-15-28,29-16-10-6-11-17-29)30-18-12-7-13-19-30/h5-19,21,23-24,31H,20,22,25H2,1-4H3. The lowest BCUT2D eigenvalue weighted by Crippen LogP contribution is -2.52. The van der Waals surface area contributed by atoms with Crippen LogP contribution >= 0.6 is 11.8 Å². The van der Waals surface area contributed by atoms with Crippen LogP contribution in [0.25, 0.3) is 6.08 Å². The number of carbonyl (C=O) groups is 2. The molecule has 216 valence electrons. The molecule has 1 aliphatic rings. The molecular weight excluding hydrogens is 542 g/mol. The number of rotatable bonds is 6. The number of likely N-dealkylation sites (tertiary alicyclic amines) is 1. The van der Waals surface area contributed by atoms with Gasteiger partial charge in [0.2, 0.25) is 0 Å². The maximum atomic E-state index is 13.0. The number of hydrogen-bond acceptors (Lipinski definition) is 6. The van der Waals surface area contributed by atoms with Gasteiger partial charge in [-0.1, -0.05) is 103 Å². The van der Waals surface area contributed by atoms with E-state index >= 15 is 0 Å². The van der Waals surface area contributed by atoms with Crippen LogP contribution < -0.4 is 0 Å². The summed E-state index contributed by atoms with van der Waals surface area (Å²) in [5.41, 5.74) is 3.29. The van der Waals surface area contributed by atoms with Crippen LogP contribution in [0.5, 0.6) is 0 Å². The van der Waals surface area contributed by atoms with Crippen LogP contribution in [0, 0.1) is 0 Å². The van der Waals surface area contributed by atoms with Gasteiger partial charge in [0.15, 0.2) is 5.12 Å². The van der Waals surface area contributed by atoms with E-state index in [0.29, 0.717) is 12.4 Å². The van der Waals surface area contributed by atoms with Gasteiger partial charge in [-0.3, -0.25) is 9.69 Å². The molecule has 1 saturated heterocycles. The van der Waals surface area contributed by atoms with Crippen molar-refractivity contribution < 1.29 is 14.3 Å². The van der Waals surface area contributed by atoms with Crippen LogP contribution in [0.3, 0.4) is 0 Å². The quantitative estimate of drug-likeness (QED) is 0.222. The second-order valence-electron chi connectivity index (χ2n) is 11.5. The number of piperidine rings is 1. The van der Waals surface area contributed by atoms with Crippen molar-refractivity contribution in [1.82, 2.24) is 14.5 Å². The molecule has 0 N–H and O–H groups in total. The highest BCUT2D eigenvalue weighted by Crippen LogP contribution is 2.45. The summed E-state index contributed by atoms with van der Waals surface area (Å²) in [6.45, 7) is 8.48. The largest absolute Gasteiger partial charge is 0.443 e. The lowest BCUT2D eigenvalue weighted by atomic mass is 9.74. The number of aromatic nitrogens is 2. The Morgan fingerprint density at radius 1 is 0.881 bits per heavy atom. The van der Waals surface area contributed by atoms with Gasteiger partial charge in [0.25, 0.3) is 0 Å². The first-order chi connectivity index (χ1) is 20.2. The predicted molar refractivity (Wildman–Crippen MR) is 169 cm³/mol. The molecule has 2 heterocycles. The molecule has 0 radical (unpaired) electrons. The highest BCUT2D eigenvalue weighted by Gasteiger charge is 2.44. The lowest BCUT2D eigenvalue weighted by Gasteiger charge is -2.49. The van der Waals surface area contributed by atoms with Gasteiger partial charge in [0.05, 0.1) is 5.54 Å². The van der Waals surface area contributed by atoms with Crippen molar-refractivity contribution >= 4 is 29.0 Å². The van der Waals surface area contributed by atoms with E-state index in [1.807, 2.05) is 45.0 Å². The third-order valence-corrected chi connectivity index (χ3v) is 8.53. The molecule has 0 saturated carbocycles. The SMILES string of the molecule is CC(=O)SC1CCN(C(c2ccccc2)(c2ccccc2)c2ccccc2)CC1=Cc1nccn1C(=O)OC(C)(C)C. The topological polar surface area (TPSA) is 64.4 Å². The first-order valence-electron chi connectivity index (χ1n) is 14.2. The Kier molecular flexibility index (Phi) is 8.80. The average molecular weight is 580 g/mol. The van der Waals surface area contributed by atoms with Gasteiger partial charge in [-0.25, -0.2) is 14.3 Å². The number of ether oxygens (including phenoxy) is 1. The molecule has 7 heteroatoms. The zero-order valence-corrected chi connectivity index (χ0v) is 25.4. The summed E-state index contributed by atoms with van der Waals surface area (Å²) in [6.07, 6.45) is 5.46. The minimum atomic E-state index is -0.638. The molecule has 0 amide bonds. The minimum absolute atomic E-state index is 0.0393. The van der Waals surface area contributed by atoms with Gasteiger partial charge in [0, 0.05) is 37.7 Å². The maximum Gasteiger partial charge on any atom is 0.420 e. The highest BCUT2D eigenvalue weighted by atomic mass is 32.2. The molecule has 1 aliphatic heterocycles. The van der Waals surface area contributed by atoms with Crippen LogP contribution in [-0.2, 0) is 15.1 Å². The number of imidazole rings is 1. The van der Waals surface area contributed by atoms with Crippen LogP contribution in [-0.4, -0.2) is 49.6 Å². The summed E-state index contributed by atoms with van der Waals surface area (Å²) >= 11 is 1.34. The number of thioether (sulfide) groups is 1. The van der Waals surface area contributed by atoms with E-state index in [2.05, 4.69) is 82.7 Å². The van der Waals surface area contributed by atoms with Gasteiger partial charge in [0.1, 0.15) is 11.4 Å². The number of nitrogens with zero attached hydrogens (tertiary/aromatic N) is 3. The van der Waals surface area contributed by atoms with Crippen LogP contribution in [0.2, 0.25) is 0 Å². The molecule has 0 spiro atoms. The first kappa shape index (κ1) is 29.5. The Morgan fingerprint density at radius 2 is 1.40 bits per heavy atom. The molecule has 4 aromatic rings. The van der Waals surface area contributed by atoms with Gasteiger partial charge >= 0.3 is 6.09 Å². The summed E-state index contributed by atoms with van der Waals surface area (Å²) in [4.78, 5) is 32.4. The molecule has 5 rings (SSSR count). The van der Waals surface area contributed by atoms with Crippen LogP contribution in [0.15, 0.2) is 109 Å². The zero-order valence-electron chi connectivity index (χ0n) is 24.6. The van der Waals surface area contributed by atoms with Crippen molar-refractivity contribution in [2.24, 2.45) is 0 Å². The van der Waals surface area contributed by atoms with Gasteiger partial charge in [-0.15, -0.1) is 0 Å². The smallest absolute Gasteiger partial charge is 0.420 e. The fourth-order valence-electron chi connectivity index (χ4n) is 5.76. The molecule has 1 atom stereocenters. The average Bonchev–Trinajstić information content (AvgIpc) is 3.44. The van der Waals surface area contributed by atoms with Crippen molar-refractivity contribution in [3.63, 3.8) is 0 Å². The maximum absolute atomic E-state index is 13.0. The fraction of sp³-hybridized carbons (Fsp3) is 0.286. The number of carbonyl (C=O) groups excluding carboxylic acids is 2. The predicted octanol–water partition coefficient (Wildman–Crippen LogP) is 7.40. The Bertz CT molecular complexity index is 1450. The van der Waals surface area contributed by atoms with E-state index < -0.39 is 17.2 Å². The fourth-order valence-corrected chi connectivity index (χ4v) is 6.68. The molecule has 1 aromatic heterocycles. The van der Waals surface area contributed by atoms with Crippen molar-refractivity contribution in [1.29, 1.82) is 0 Å². The lowest BCUT2D eigenvalue weighted by molar-refractivity contribution is -0.109. The molecule has 0 bridgehead atoms. The van der Waals surface area contributed by atoms with Crippen molar-refractivity contribution in [3.05, 3.63) is 131 Å². The third-order valence-electron chi connectivity index (χ3n) is 7.38. The summed E-state index contributed by atoms with van der Waals surface area (Å²) in [6, 6.07) is 31.8. The van der Waals surface area contributed by atoms with E-state index in [1.165, 1.54) is 16.3 Å². The van der Waals surface area contributed by atoms with E-state index in [-0.39, 0.29) is 10.4 Å². The van der Waals surface area contributed by atoms with Crippen LogP contribution in [0.1, 0.15) is 56.6 Å². The van der Waals surface area contributed by atoms with Crippen molar-refractivity contribution in [2.75, 3.05) is 13.1 Å². The summed E-state index contributed by atoms with van der Waals surface area (Å²) in [7, 11) is 0. The second kappa shape index (κ2) is 12.5. The summed E-state index contributed by atoms with van der Waals surface area (Å²) < 4.78 is 7.07. The van der Waals surface area contributed by atoms with Crippen LogP contribution in [0.4, 0.5) is 4.79 Å². The molecule has 42 heavy (non-hydrogen) atoms. The molecule has 1 unspecified atom stereocenters. The first-order valence-corrected chi connectivity index (χ1v) is 15.1. The summed E-state index contributed by atoms with van der Waals surface area (Å²) in [5.74, 6) is 0.486. The van der Waals surface area contributed by atoms with Gasteiger partial charge < -0.3 is 4.74 Å². The highest BCUT2D eigenvalue weighted by molar-refractivity contribution is 8.14. The zero-order chi connectivity index (χ0) is 29.7. The van der Waals surface area contributed by atoms with E-state index in [1.54, 1.807) is 19.3 Å². The van der Waals surface area contributed by atoms with E-state index in [0.717, 1.165) is 35.2 Å². The van der Waals surface area contributed by atoms with E-state index in [9.17, 15) is 9.59 Å². The molecular formula is C35H37N3O3S. The number of benzene rings is 3. The monoisotopic (exact) mass is 579 g/mol. The summed E-state index contributed by atoms with van der Waals surface area (Å²) in [5, 5.41) is 0.0258. The molecule has 1 fully saturated rings. The van der Waals surface area contributed by atoms with E-state index in [4.69, 9.17) is 4.74 Å². The Labute approximate surface area is 252 Å².